The molecule has 0 spiro atoms. The lowest BCUT2D eigenvalue weighted by molar-refractivity contribution is 0.104. The average Bonchev–Trinajstić information content (AvgIpc) is 3.26. The molecule has 4 rings (SSSR count). The van der Waals surface area contributed by atoms with Crippen molar-refractivity contribution in [2.24, 2.45) is 0 Å². The zero-order chi connectivity index (χ0) is 24.5. The number of hydrogen-bond acceptors (Lipinski definition) is 4. The van der Waals surface area contributed by atoms with E-state index in [1.807, 2.05) is 85.0 Å². The van der Waals surface area contributed by atoms with Gasteiger partial charge in [-0.3, -0.25) is 4.79 Å². The minimum Gasteiger partial charge on any atom is -0.497 e. The Labute approximate surface area is 214 Å². The van der Waals surface area contributed by atoms with Gasteiger partial charge in [0.25, 0.3) is 0 Å². The van der Waals surface area contributed by atoms with Gasteiger partial charge in [-0.25, -0.2) is 0 Å². The van der Waals surface area contributed by atoms with Crippen LogP contribution in [0.5, 0.6) is 11.5 Å². The van der Waals surface area contributed by atoms with Crippen molar-refractivity contribution in [3.05, 3.63) is 125 Å². The lowest BCUT2D eigenvalue weighted by atomic mass is 9.97. The van der Waals surface area contributed by atoms with Crippen LogP contribution in [0.3, 0.4) is 0 Å². The summed E-state index contributed by atoms with van der Waals surface area (Å²) in [6, 6.07) is 13.0. The van der Waals surface area contributed by atoms with Crippen LogP contribution in [-0.2, 0) is 0 Å². The summed E-state index contributed by atoms with van der Waals surface area (Å²) in [5.41, 5.74) is 2.23. The monoisotopic (exact) mass is 500 g/mol. The van der Waals surface area contributed by atoms with Crippen LogP contribution in [0.2, 0.25) is 0 Å². The predicted molar refractivity (Wildman–Crippen MR) is 148 cm³/mol. The first-order chi connectivity index (χ1) is 17.2. The molecule has 0 bridgehead atoms. The molecule has 3 nitrogen and oxygen atoms in total. The van der Waals surface area contributed by atoms with E-state index >= 15 is 0 Å². The molecule has 0 saturated carbocycles. The van der Waals surface area contributed by atoms with Crippen molar-refractivity contribution in [1.29, 1.82) is 0 Å². The maximum absolute atomic E-state index is 13.9. The van der Waals surface area contributed by atoms with Crippen LogP contribution in [-0.4, -0.2) is 25.4 Å². The molecule has 1 heterocycles. The molecule has 176 valence electrons. The van der Waals surface area contributed by atoms with Crippen LogP contribution < -0.4 is 9.47 Å². The van der Waals surface area contributed by atoms with Crippen LogP contribution in [0, 0.1) is 0 Å². The molecule has 1 aliphatic carbocycles. The van der Waals surface area contributed by atoms with E-state index in [-0.39, 0.29) is 5.78 Å². The van der Waals surface area contributed by atoms with Gasteiger partial charge in [0.05, 0.1) is 13.0 Å². The SMILES string of the molecule is COc1ccc2c(C(=O)c3ccc(OCCCl)cc3)c(C3=CC=CC=CC=CC=CC=C3)sc2c1. The van der Waals surface area contributed by atoms with Gasteiger partial charge in [-0.05, 0) is 48.0 Å². The molecule has 0 fully saturated rings. The smallest absolute Gasteiger partial charge is 0.195 e. The van der Waals surface area contributed by atoms with Crippen molar-refractivity contribution < 1.29 is 14.3 Å². The fraction of sp³-hybridized carbons (Fsp3) is 0.100. The van der Waals surface area contributed by atoms with E-state index < -0.39 is 0 Å². The minimum atomic E-state index is -0.0388. The van der Waals surface area contributed by atoms with Crippen molar-refractivity contribution in [2.75, 3.05) is 19.6 Å². The fourth-order valence-electron chi connectivity index (χ4n) is 3.61. The Bertz CT molecular complexity index is 1370. The van der Waals surface area contributed by atoms with E-state index in [1.165, 1.54) is 0 Å². The molecule has 0 saturated heterocycles. The summed E-state index contributed by atoms with van der Waals surface area (Å²) in [5, 5.41) is 0.904. The Kier molecular flexibility index (Phi) is 8.55. The number of methoxy groups -OCH3 is 1. The second-order valence-corrected chi connectivity index (χ2v) is 9.01. The third-order valence-electron chi connectivity index (χ3n) is 5.29. The van der Waals surface area contributed by atoms with Crippen LogP contribution >= 0.6 is 22.9 Å². The van der Waals surface area contributed by atoms with Crippen molar-refractivity contribution in [1.82, 2.24) is 0 Å². The highest BCUT2D eigenvalue weighted by Gasteiger charge is 2.22. The number of fused-ring (bicyclic) bond motifs is 1. The first-order valence-corrected chi connectivity index (χ1v) is 12.6. The standard InChI is InChI=1S/C30H25ClO3S/c1-33-25-17-18-26-27(21-25)35-30(23-11-9-7-5-3-2-4-6-8-10-12-23)28(26)29(32)22-13-15-24(16-14-22)34-20-19-31/h2-18,21H,19-20H2,1H3. The van der Waals surface area contributed by atoms with E-state index in [2.05, 4.69) is 0 Å². The van der Waals surface area contributed by atoms with Gasteiger partial charge in [0, 0.05) is 26.1 Å². The summed E-state index contributed by atoms with van der Waals surface area (Å²) in [4.78, 5) is 14.8. The van der Waals surface area contributed by atoms with Gasteiger partial charge in [-0.2, -0.15) is 0 Å². The van der Waals surface area contributed by atoms with Gasteiger partial charge in [0.1, 0.15) is 18.1 Å². The molecule has 35 heavy (non-hydrogen) atoms. The summed E-state index contributed by atoms with van der Waals surface area (Å²) < 4.78 is 12.0. The van der Waals surface area contributed by atoms with Gasteiger partial charge < -0.3 is 9.47 Å². The van der Waals surface area contributed by atoms with Crippen molar-refractivity contribution in [2.45, 2.75) is 0 Å². The number of alkyl halides is 1. The lowest BCUT2D eigenvalue weighted by Crippen LogP contribution is -2.04. The van der Waals surface area contributed by atoms with E-state index in [4.69, 9.17) is 21.1 Å². The maximum atomic E-state index is 13.9. The minimum absolute atomic E-state index is 0.0388. The number of ketones is 1. The van der Waals surface area contributed by atoms with Crippen LogP contribution in [0.15, 0.2) is 109 Å². The molecular weight excluding hydrogens is 476 g/mol. The molecule has 1 aromatic heterocycles. The van der Waals surface area contributed by atoms with Crippen molar-refractivity contribution >= 4 is 44.4 Å². The largest absolute Gasteiger partial charge is 0.497 e. The number of carbonyl (C=O) groups excluding carboxylic acids is 1. The van der Waals surface area contributed by atoms with Gasteiger partial charge in [0.15, 0.2) is 5.78 Å². The summed E-state index contributed by atoms with van der Waals surface area (Å²) in [6.07, 6.45) is 21.8. The Hall–Kier alpha value is -3.60. The molecule has 3 aromatic rings. The molecule has 0 aliphatic heterocycles. The number of carbonyl (C=O) groups is 1. The van der Waals surface area contributed by atoms with E-state index in [9.17, 15) is 4.79 Å². The first-order valence-electron chi connectivity index (χ1n) is 11.2. The normalized spacial score (nSPS) is 13.4. The quantitative estimate of drug-likeness (QED) is 0.244. The number of hydrogen-bond donors (Lipinski definition) is 0. The highest BCUT2D eigenvalue weighted by atomic mass is 35.5. The molecular formula is C30H25ClO3S. The second kappa shape index (κ2) is 12.2. The highest BCUT2D eigenvalue weighted by Crippen LogP contribution is 2.39. The number of halogens is 1. The molecule has 0 atom stereocenters. The van der Waals surface area contributed by atoms with Crippen LogP contribution in [0.25, 0.3) is 15.7 Å². The number of allylic oxidation sites excluding steroid dienone is 12. The second-order valence-electron chi connectivity index (χ2n) is 7.58. The Balaban J connectivity index is 1.83. The van der Waals surface area contributed by atoms with Crippen LogP contribution in [0.1, 0.15) is 20.8 Å². The first kappa shape index (κ1) is 24.5. The molecule has 1 aliphatic rings. The van der Waals surface area contributed by atoms with Crippen molar-refractivity contribution in [3.8, 4) is 11.5 Å². The van der Waals surface area contributed by atoms with Crippen LogP contribution in [0.4, 0.5) is 0 Å². The predicted octanol–water partition coefficient (Wildman–Crippen LogP) is 7.94. The number of thiophene rings is 1. The summed E-state index contributed by atoms with van der Waals surface area (Å²) in [7, 11) is 1.65. The highest BCUT2D eigenvalue weighted by molar-refractivity contribution is 7.20. The van der Waals surface area contributed by atoms with Gasteiger partial charge in [-0.1, -0.05) is 66.8 Å². The lowest BCUT2D eigenvalue weighted by Gasteiger charge is -2.08. The van der Waals surface area contributed by atoms with Gasteiger partial charge in [-0.15, -0.1) is 22.9 Å². The molecule has 0 amide bonds. The Morgan fingerprint density at radius 2 is 1.51 bits per heavy atom. The Morgan fingerprint density at radius 3 is 2.20 bits per heavy atom. The Morgan fingerprint density at radius 1 is 0.857 bits per heavy atom. The fourth-order valence-corrected chi connectivity index (χ4v) is 4.92. The number of ether oxygens (including phenoxy) is 2. The molecule has 0 N–H and O–H groups in total. The zero-order valence-electron chi connectivity index (χ0n) is 19.3. The van der Waals surface area contributed by atoms with Gasteiger partial charge >= 0.3 is 0 Å². The molecule has 5 heteroatoms. The molecule has 0 radical (unpaired) electrons. The molecule has 2 aromatic carbocycles. The van der Waals surface area contributed by atoms with Crippen molar-refractivity contribution in [3.63, 3.8) is 0 Å². The summed E-state index contributed by atoms with van der Waals surface area (Å²) >= 11 is 7.30. The number of benzene rings is 2. The number of rotatable bonds is 7. The third-order valence-corrected chi connectivity index (χ3v) is 6.65. The van der Waals surface area contributed by atoms with E-state index in [0.29, 0.717) is 29.4 Å². The molecule has 0 unspecified atom stereocenters. The van der Waals surface area contributed by atoms with E-state index in [0.717, 1.165) is 26.3 Å². The average molecular weight is 501 g/mol. The summed E-state index contributed by atoms with van der Waals surface area (Å²) in [6.45, 7) is 0.420. The zero-order valence-corrected chi connectivity index (χ0v) is 20.9. The third kappa shape index (κ3) is 6.10. The maximum Gasteiger partial charge on any atom is 0.195 e. The topological polar surface area (TPSA) is 35.5 Å². The van der Waals surface area contributed by atoms with Gasteiger partial charge in [0.2, 0.25) is 0 Å². The van der Waals surface area contributed by atoms with E-state index in [1.54, 1.807) is 42.7 Å². The summed E-state index contributed by atoms with van der Waals surface area (Å²) in [5.74, 6) is 1.81.